The molecule has 1 atom stereocenters. The first kappa shape index (κ1) is 20.4. The van der Waals surface area contributed by atoms with Crippen LogP contribution < -0.4 is 5.32 Å². The first-order valence-corrected chi connectivity index (χ1v) is 9.97. The molecule has 0 fully saturated rings. The number of benzene rings is 2. The molecule has 2 aromatic carbocycles. The van der Waals surface area contributed by atoms with E-state index in [1.807, 2.05) is 66.2 Å². The van der Waals surface area contributed by atoms with Gasteiger partial charge in [0.25, 0.3) is 5.91 Å². The minimum atomic E-state index is -0.476. The van der Waals surface area contributed by atoms with E-state index in [9.17, 15) is 9.59 Å². The number of amides is 1. The van der Waals surface area contributed by atoms with Gasteiger partial charge in [-0.15, -0.1) is 0 Å². The summed E-state index contributed by atoms with van der Waals surface area (Å²) in [7, 11) is 3.26. The molecule has 0 aliphatic rings. The van der Waals surface area contributed by atoms with E-state index in [4.69, 9.17) is 9.72 Å². The second kappa shape index (κ2) is 8.10. The van der Waals surface area contributed by atoms with Crippen LogP contribution in [0.5, 0.6) is 0 Å². The number of nitrogens with one attached hydrogen (secondary N) is 2. The smallest absolute Gasteiger partial charge is 0.339 e. The minimum Gasteiger partial charge on any atom is -0.465 e. The third-order valence-corrected chi connectivity index (χ3v) is 5.54. The number of hydrogen-bond donors (Lipinski definition) is 2. The second-order valence-corrected chi connectivity index (χ2v) is 7.45. The number of fused-ring (bicyclic) bond motifs is 1. The molecule has 4 rings (SSSR count). The van der Waals surface area contributed by atoms with Crippen LogP contribution in [0.4, 0.5) is 0 Å². The molecule has 1 unspecified atom stereocenters. The van der Waals surface area contributed by atoms with Gasteiger partial charge in [0.1, 0.15) is 17.6 Å². The van der Waals surface area contributed by atoms with E-state index < -0.39 is 12.0 Å². The third kappa shape index (κ3) is 3.59. The van der Waals surface area contributed by atoms with Gasteiger partial charge in [-0.25, -0.2) is 9.78 Å². The average Bonchev–Trinajstić information content (AvgIpc) is 3.28. The fraction of sp³-hybridized carbons (Fsp3) is 0.208. The van der Waals surface area contributed by atoms with E-state index in [0.29, 0.717) is 22.5 Å². The number of aromatic amines is 1. The van der Waals surface area contributed by atoms with Crippen molar-refractivity contribution in [2.45, 2.75) is 19.9 Å². The predicted molar refractivity (Wildman–Crippen MR) is 118 cm³/mol. The first-order valence-electron chi connectivity index (χ1n) is 9.97. The number of hydrogen-bond acceptors (Lipinski definition) is 4. The molecule has 1 amide bonds. The lowest BCUT2D eigenvalue weighted by Gasteiger charge is -2.19. The summed E-state index contributed by atoms with van der Waals surface area (Å²) in [6.07, 6.45) is 0. The maximum atomic E-state index is 13.3. The molecule has 158 valence electrons. The van der Waals surface area contributed by atoms with Crippen LogP contribution in [-0.4, -0.2) is 33.5 Å². The Balaban J connectivity index is 1.77. The highest BCUT2D eigenvalue weighted by Gasteiger charge is 2.27. The molecular weight excluding hydrogens is 392 g/mol. The maximum absolute atomic E-state index is 13.3. The molecule has 0 spiro atoms. The Hall–Kier alpha value is -3.87. The van der Waals surface area contributed by atoms with Crippen LogP contribution in [0.2, 0.25) is 0 Å². The zero-order chi connectivity index (χ0) is 22.1. The number of aromatic nitrogens is 3. The number of H-pyrrole nitrogens is 1. The van der Waals surface area contributed by atoms with Gasteiger partial charge in [0, 0.05) is 12.7 Å². The fourth-order valence-electron chi connectivity index (χ4n) is 3.95. The van der Waals surface area contributed by atoms with Crippen LogP contribution in [0.3, 0.4) is 0 Å². The minimum absolute atomic E-state index is 0.323. The summed E-state index contributed by atoms with van der Waals surface area (Å²) in [5.74, 6) is -0.0770. The molecule has 2 N–H and O–H groups in total. The topological polar surface area (TPSA) is 89.0 Å². The lowest BCUT2D eigenvalue weighted by molar-refractivity contribution is 0.0599. The molecule has 7 heteroatoms. The summed E-state index contributed by atoms with van der Waals surface area (Å²) in [5.41, 5.74) is 4.60. The van der Waals surface area contributed by atoms with Gasteiger partial charge >= 0.3 is 5.97 Å². The molecule has 7 nitrogen and oxygen atoms in total. The van der Waals surface area contributed by atoms with Gasteiger partial charge in [0.2, 0.25) is 0 Å². The molecule has 0 aliphatic carbocycles. The molecule has 4 aromatic rings. The molecule has 0 saturated carbocycles. The van der Waals surface area contributed by atoms with Crippen LogP contribution in [0.15, 0.2) is 54.6 Å². The van der Waals surface area contributed by atoms with Crippen LogP contribution >= 0.6 is 0 Å². The van der Waals surface area contributed by atoms with Gasteiger partial charge in [-0.3, -0.25) is 4.79 Å². The van der Waals surface area contributed by atoms with Gasteiger partial charge in [-0.2, -0.15) is 0 Å². The van der Waals surface area contributed by atoms with Crippen LogP contribution in [0.25, 0.3) is 11.0 Å². The number of nitrogens with zero attached hydrogens (tertiary/aromatic N) is 2. The number of rotatable bonds is 5. The van der Waals surface area contributed by atoms with Gasteiger partial charge in [-0.1, -0.05) is 42.5 Å². The summed E-state index contributed by atoms with van der Waals surface area (Å²) < 4.78 is 6.84. The van der Waals surface area contributed by atoms with Gasteiger partial charge in [0.15, 0.2) is 0 Å². The predicted octanol–water partition coefficient (Wildman–Crippen LogP) is 3.82. The second-order valence-electron chi connectivity index (χ2n) is 7.45. The number of methoxy groups -OCH3 is 1. The van der Waals surface area contributed by atoms with Crippen molar-refractivity contribution in [1.82, 2.24) is 19.9 Å². The Morgan fingerprint density at radius 2 is 1.74 bits per heavy atom. The van der Waals surface area contributed by atoms with Crippen molar-refractivity contribution in [2.75, 3.05) is 7.11 Å². The maximum Gasteiger partial charge on any atom is 0.339 e. The standard InChI is InChI=1S/C24H24N4O3/c1-14-19(24(30)31-4)15(2)25-20(14)23(29)27-21(16-10-6-5-7-11-16)22-26-17-12-8-9-13-18(17)28(22)3/h5-13,21,25H,1-4H3,(H,27,29). The number of esters is 1. The SMILES string of the molecule is COC(=O)c1c(C)[nH]c(C(=O)NC(c2ccccc2)c2nc3ccccc3n2C)c1C. The molecule has 0 saturated heterocycles. The number of ether oxygens (including phenoxy) is 1. The largest absolute Gasteiger partial charge is 0.465 e. The number of carbonyl (C=O) groups is 2. The lowest BCUT2D eigenvalue weighted by atomic mass is 10.1. The van der Waals surface area contributed by atoms with Crippen LogP contribution in [0, 0.1) is 13.8 Å². The van der Waals surface area contributed by atoms with Crippen molar-refractivity contribution in [1.29, 1.82) is 0 Å². The zero-order valence-corrected chi connectivity index (χ0v) is 17.9. The quantitative estimate of drug-likeness (QED) is 0.484. The summed E-state index contributed by atoms with van der Waals surface area (Å²) in [6.45, 7) is 3.48. The van der Waals surface area contributed by atoms with Crippen molar-refractivity contribution >= 4 is 22.9 Å². The van der Waals surface area contributed by atoms with E-state index in [1.54, 1.807) is 13.8 Å². The average molecular weight is 416 g/mol. The highest BCUT2D eigenvalue weighted by atomic mass is 16.5. The van der Waals surface area contributed by atoms with E-state index in [0.717, 1.165) is 22.4 Å². The molecule has 0 aliphatic heterocycles. The van der Waals surface area contributed by atoms with Gasteiger partial charge in [0.05, 0.1) is 23.7 Å². The Bertz CT molecular complexity index is 1270. The molecule has 31 heavy (non-hydrogen) atoms. The van der Waals surface area contributed by atoms with Crippen LogP contribution in [-0.2, 0) is 11.8 Å². The number of carbonyl (C=O) groups excluding carboxylic acids is 2. The summed E-state index contributed by atoms with van der Waals surface area (Å²) in [5, 5.41) is 3.10. The Kier molecular flexibility index (Phi) is 5.33. The lowest BCUT2D eigenvalue weighted by Crippen LogP contribution is -2.31. The normalized spacial score (nSPS) is 12.0. The fourth-order valence-corrected chi connectivity index (χ4v) is 3.95. The molecular formula is C24H24N4O3. The van der Waals surface area contributed by atoms with Gasteiger partial charge < -0.3 is 19.6 Å². The van der Waals surface area contributed by atoms with E-state index in [-0.39, 0.29) is 5.91 Å². The molecule has 0 radical (unpaired) electrons. The Labute approximate surface area is 180 Å². The summed E-state index contributed by atoms with van der Waals surface area (Å²) in [6, 6.07) is 17.1. The first-order chi connectivity index (χ1) is 14.9. The summed E-state index contributed by atoms with van der Waals surface area (Å²) >= 11 is 0. The third-order valence-electron chi connectivity index (χ3n) is 5.54. The summed E-state index contributed by atoms with van der Waals surface area (Å²) in [4.78, 5) is 33.2. The van der Waals surface area contributed by atoms with Crippen molar-refractivity contribution < 1.29 is 14.3 Å². The molecule has 2 heterocycles. The Morgan fingerprint density at radius 1 is 1.06 bits per heavy atom. The van der Waals surface area contributed by atoms with E-state index in [2.05, 4.69) is 10.3 Å². The van der Waals surface area contributed by atoms with E-state index >= 15 is 0 Å². The van der Waals surface area contributed by atoms with Crippen molar-refractivity contribution in [3.8, 4) is 0 Å². The van der Waals surface area contributed by atoms with Crippen molar-refractivity contribution in [2.24, 2.45) is 7.05 Å². The molecule has 0 bridgehead atoms. The zero-order valence-electron chi connectivity index (χ0n) is 17.9. The number of aryl methyl sites for hydroxylation is 2. The van der Waals surface area contributed by atoms with Crippen molar-refractivity contribution in [3.63, 3.8) is 0 Å². The van der Waals surface area contributed by atoms with Gasteiger partial charge in [-0.05, 0) is 37.1 Å². The van der Waals surface area contributed by atoms with Crippen LogP contribution in [0.1, 0.15) is 49.5 Å². The Morgan fingerprint density at radius 3 is 2.42 bits per heavy atom. The highest BCUT2D eigenvalue weighted by molar-refractivity contribution is 6.00. The molecule has 2 aromatic heterocycles. The van der Waals surface area contributed by atoms with E-state index in [1.165, 1.54) is 7.11 Å². The highest BCUT2D eigenvalue weighted by Crippen LogP contribution is 2.26. The monoisotopic (exact) mass is 416 g/mol. The number of para-hydroxylation sites is 2. The number of imidazole rings is 1. The van der Waals surface area contributed by atoms with Crippen molar-refractivity contribution in [3.05, 3.63) is 88.5 Å².